The van der Waals surface area contributed by atoms with Gasteiger partial charge < -0.3 is 35.1 Å². The zero-order valence-corrected chi connectivity index (χ0v) is 18.1. The van der Waals surface area contributed by atoms with Crippen LogP contribution in [0.15, 0.2) is 47.3 Å². The number of H-pyrrole nitrogens is 1. The number of aromatic carboxylic acids is 2. The number of rotatable bonds is 8. The molecule has 176 valence electrons. The molecule has 5 N–H and O–H groups in total. The fraction of sp³-hybridized carbons (Fsp3) is 0.130. The van der Waals surface area contributed by atoms with E-state index < -0.39 is 40.4 Å². The second kappa shape index (κ2) is 9.77. The summed E-state index contributed by atoms with van der Waals surface area (Å²) in [6.45, 7) is -0.144. The van der Waals surface area contributed by atoms with Crippen LogP contribution in [0.4, 0.5) is 5.82 Å². The van der Waals surface area contributed by atoms with Crippen molar-refractivity contribution in [3.05, 3.63) is 75.1 Å². The number of carboxylic acid groups (broad SMARTS) is 2. The molecule has 1 aromatic heterocycles. The first-order chi connectivity index (χ1) is 16.2. The van der Waals surface area contributed by atoms with E-state index in [1.165, 1.54) is 38.5 Å². The molecule has 34 heavy (non-hydrogen) atoms. The summed E-state index contributed by atoms with van der Waals surface area (Å²) in [5.74, 6) is -3.68. The molecule has 0 spiro atoms. The van der Waals surface area contributed by atoms with Crippen LogP contribution in [0.1, 0.15) is 36.6 Å². The molecule has 0 fully saturated rings. The second-order valence-electron chi connectivity index (χ2n) is 6.91. The lowest BCUT2D eigenvalue weighted by Gasteiger charge is -2.16. The Hall–Kier alpha value is -4.80. The number of hydrogen-bond donors (Lipinski definition) is 4. The summed E-state index contributed by atoms with van der Waals surface area (Å²) >= 11 is 0. The molecule has 3 aromatic rings. The molecular formula is C23H20N2O9. The van der Waals surface area contributed by atoms with Gasteiger partial charge in [0, 0.05) is 11.1 Å². The number of aromatic nitrogens is 1. The van der Waals surface area contributed by atoms with Crippen molar-refractivity contribution in [3.8, 4) is 22.6 Å². The second-order valence-corrected chi connectivity index (χ2v) is 6.91. The Morgan fingerprint density at radius 2 is 1.65 bits per heavy atom. The van der Waals surface area contributed by atoms with Crippen molar-refractivity contribution >= 4 is 23.7 Å². The fourth-order valence-corrected chi connectivity index (χ4v) is 3.41. The van der Waals surface area contributed by atoms with Crippen LogP contribution in [0.2, 0.25) is 0 Å². The molecule has 3 rings (SSSR count). The molecule has 0 unspecified atom stereocenters. The molecule has 0 saturated carbocycles. The number of pyridine rings is 1. The van der Waals surface area contributed by atoms with E-state index in [2.05, 4.69) is 4.98 Å². The number of benzene rings is 2. The van der Waals surface area contributed by atoms with Gasteiger partial charge in [0.25, 0.3) is 5.56 Å². The Bertz CT molecular complexity index is 1340. The van der Waals surface area contributed by atoms with Gasteiger partial charge in [0.2, 0.25) is 0 Å². The van der Waals surface area contributed by atoms with Crippen LogP contribution >= 0.6 is 0 Å². The zero-order chi connectivity index (χ0) is 25.0. The van der Waals surface area contributed by atoms with E-state index >= 15 is 0 Å². The summed E-state index contributed by atoms with van der Waals surface area (Å²) in [4.78, 5) is 50.0. The highest BCUT2D eigenvalue weighted by molar-refractivity contribution is 6.07. The standard InChI is InChI=1S/C23H20N2O9/c1-32-14-8-7-11(16-17(21(27)28)19(24)25-20(26)18(16)22(29)30)9-12(14)10-34-15-6-4-3-5-13(15)23(31)33-2/h3-9H,10H2,1-2H3,(H,27,28)(H,29,30)(H3,24,25,26). The van der Waals surface area contributed by atoms with Gasteiger partial charge in [-0.15, -0.1) is 0 Å². The van der Waals surface area contributed by atoms with Crippen LogP contribution < -0.4 is 20.8 Å². The summed E-state index contributed by atoms with van der Waals surface area (Å²) in [5, 5.41) is 19.2. The van der Waals surface area contributed by atoms with Crippen molar-refractivity contribution < 1.29 is 38.8 Å². The van der Waals surface area contributed by atoms with Gasteiger partial charge in [-0.2, -0.15) is 0 Å². The Morgan fingerprint density at radius 1 is 0.971 bits per heavy atom. The number of nitrogens with two attached hydrogens (primary N) is 1. The maximum atomic E-state index is 12.3. The van der Waals surface area contributed by atoms with E-state index in [9.17, 15) is 29.4 Å². The summed E-state index contributed by atoms with van der Waals surface area (Å²) in [7, 11) is 2.64. The summed E-state index contributed by atoms with van der Waals surface area (Å²) in [6, 6.07) is 10.7. The minimum atomic E-state index is -1.63. The Balaban J connectivity index is 2.14. The van der Waals surface area contributed by atoms with Gasteiger partial charge in [-0.3, -0.25) is 4.79 Å². The van der Waals surface area contributed by atoms with E-state index in [1.54, 1.807) is 18.2 Å². The highest BCUT2D eigenvalue weighted by Gasteiger charge is 2.27. The maximum absolute atomic E-state index is 12.3. The Morgan fingerprint density at radius 3 is 2.26 bits per heavy atom. The number of aromatic amines is 1. The number of carboxylic acids is 2. The maximum Gasteiger partial charge on any atom is 0.342 e. The number of para-hydroxylation sites is 1. The van der Waals surface area contributed by atoms with E-state index in [0.29, 0.717) is 11.3 Å². The number of carbonyl (C=O) groups is 3. The number of nitrogens with one attached hydrogen (secondary N) is 1. The van der Waals surface area contributed by atoms with Crippen molar-refractivity contribution in [1.82, 2.24) is 4.98 Å². The lowest BCUT2D eigenvalue weighted by molar-refractivity contribution is 0.0593. The van der Waals surface area contributed by atoms with Crippen LogP contribution in [0, 0.1) is 0 Å². The van der Waals surface area contributed by atoms with E-state index in [-0.39, 0.29) is 29.0 Å². The predicted octanol–water partition coefficient (Wildman–Crippen LogP) is 2.39. The highest BCUT2D eigenvalue weighted by Crippen LogP contribution is 2.33. The van der Waals surface area contributed by atoms with Gasteiger partial charge in [0.05, 0.1) is 14.2 Å². The summed E-state index contributed by atoms with van der Waals surface area (Å²) in [5.41, 5.74) is 3.60. The molecule has 0 atom stereocenters. The minimum absolute atomic E-state index is 0.0910. The van der Waals surface area contributed by atoms with E-state index in [0.717, 1.165) is 0 Å². The fourth-order valence-electron chi connectivity index (χ4n) is 3.41. The largest absolute Gasteiger partial charge is 0.496 e. The third-order valence-corrected chi connectivity index (χ3v) is 4.92. The molecule has 0 radical (unpaired) electrons. The first-order valence-corrected chi connectivity index (χ1v) is 9.69. The summed E-state index contributed by atoms with van der Waals surface area (Å²) in [6.07, 6.45) is 0. The molecule has 0 saturated heterocycles. The van der Waals surface area contributed by atoms with Gasteiger partial charge in [0.15, 0.2) is 0 Å². The molecule has 0 aliphatic carbocycles. The van der Waals surface area contributed by atoms with E-state index in [4.69, 9.17) is 19.9 Å². The van der Waals surface area contributed by atoms with Crippen molar-refractivity contribution in [2.24, 2.45) is 0 Å². The van der Waals surface area contributed by atoms with Crippen LogP contribution in [0.3, 0.4) is 0 Å². The van der Waals surface area contributed by atoms with Crippen molar-refractivity contribution in [1.29, 1.82) is 0 Å². The Kier molecular flexibility index (Phi) is 6.86. The minimum Gasteiger partial charge on any atom is -0.496 e. The number of nitrogen functional groups attached to an aromatic ring is 1. The normalized spacial score (nSPS) is 10.4. The van der Waals surface area contributed by atoms with Crippen molar-refractivity contribution in [3.63, 3.8) is 0 Å². The molecule has 2 aromatic carbocycles. The number of carbonyl (C=O) groups excluding carboxylic acids is 1. The molecule has 11 nitrogen and oxygen atoms in total. The highest BCUT2D eigenvalue weighted by atomic mass is 16.5. The molecule has 11 heteroatoms. The average molecular weight is 468 g/mol. The first kappa shape index (κ1) is 23.9. The number of anilines is 1. The van der Waals surface area contributed by atoms with E-state index in [1.807, 2.05) is 0 Å². The van der Waals surface area contributed by atoms with Crippen LogP contribution in [0.25, 0.3) is 11.1 Å². The van der Waals surface area contributed by atoms with Gasteiger partial charge in [-0.25, -0.2) is 14.4 Å². The SMILES string of the molecule is COC(=O)c1ccccc1OCc1cc(-c2c(C(=O)O)c(N)[nH]c(=O)c2C(=O)O)ccc1OC. The summed E-state index contributed by atoms with van der Waals surface area (Å²) < 4.78 is 15.9. The predicted molar refractivity (Wildman–Crippen MR) is 119 cm³/mol. The number of hydrogen-bond acceptors (Lipinski definition) is 8. The van der Waals surface area contributed by atoms with Gasteiger partial charge in [-0.05, 0) is 29.8 Å². The Labute approximate surface area is 192 Å². The average Bonchev–Trinajstić information content (AvgIpc) is 2.81. The van der Waals surface area contributed by atoms with Gasteiger partial charge in [-0.1, -0.05) is 18.2 Å². The topological polar surface area (TPSA) is 178 Å². The molecule has 0 aliphatic rings. The first-order valence-electron chi connectivity index (χ1n) is 9.69. The molecular weight excluding hydrogens is 448 g/mol. The third-order valence-electron chi connectivity index (χ3n) is 4.92. The van der Waals surface area contributed by atoms with Crippen molar-refractivity contribution in [2.45, 2.75) is 6.61 Å². The lowest BCUT2D eigenvalue weighted by atomic mass is 9.94. The smallest absolute Gasteiger partial charge is 0.342 e. The molecule has 0 amide bonds. The van der Waals surface area contributed by atoms with Crippen molar-refractivity contribution in [2.75, 3.05) is 20.0 Å². The zero-order valence-electron chi connectivity index (χ0n) is 18.1. The lowest BCUT2D eigenvalue weighted by Crippen LogP contribution is -2.24. The molecule has 1 heterocycles. The molecule has 0 bridgehead atoms. The number of methoxy groups -OCH3 is 2. The van der Waals surface area contributed by atoms with Crippen LogP contribution in [0.5, 0.6) is 11.5 Å². The molecule has 0 aliphatic heterocycles. The quantitative estimate of drug-likeness (QED) is 0.359. The number of ether oxygens (including phenoxy) is 3. The van der Waals surface area contributed by atoms with Crippen LogP contribution in [-0.2, 0) is 11.3 Å². The van der Waals surface area contributed by atoms with Crippen LogP contribution in [-0.4, -0.2) is 47.3 Å². The number of esters is 1. The third kappa shape index (κ3) is 4.53. The monoisotopic (exact) mass is 468 g/mol. The van der Waals surface area contributed by atoms with Gasteiger partial charge >= 0.3 is 17.9 Å². The van der Waals surface area contributed by atoms with Gasteiger partial charge in [0.1, 0.15) is 40.6 Å².